The van der Waals surface area contributed by atoms with E-state index in [-0.39, 0.29) is 5.91 Å². The number of benzene rings is 3. The summed E-state index contributed by atoms with van der Waals surface area (Å²) in [6.45, 7) is 8.36. The molecule has 0 saturated carbocycles. The van der Waals surface area contributed by atoms with Crippen LogP contribution in [0.5, 0.6) is 5.75 Å². The van der Waals surface area contributed by atoms with E-state index in [0.717, 1.165) is 66.9 Å². The fourth-order valence-corrected chi connectivity index (χ4v) is 4.63. The minimum absolute atomic E-state index is 0.0159. The van der Waals surface area contributed by atoms with E-state index in [4.69, 9.17) is 9.72 Å². The van der Waals surface area contributed by atoms with Crippen molar-refractivity contribution in [3.05, 3.63) is 94.8 Å². The lowest BCUT2D eigenvalue weighted by Gasteiger charge is -2.11. The molecule has 0 aliphatic heterocycles. The number of rotatable bonds is 12. The molecule has 36 heavy (non-hydrogen) atoms. The fourth-order valence-electron chi connectivity index (χ4n) is 4.63. The highest BCUT2D eigenvalue weighted by atomic mass is 16.5. The van der Waals surface area contributed by atoms with E-state index in [0.29, 0.717) is 13.2 Å². The smallest absolute Gasteiger partial charge is 0.251 e. The molecule has 5 heteroatoms. The normalized spacial score (nSPS) is 11.1. The number of hydrogen-bond donors (Lipinski definition) is 1. The number of carbonyl (C=O) groups is 1. The zero-order valence-corrected chi connectivity index (χ0v) is 21.7. The minimum Gasteiger partial charge on any atom is -0.494 e. The van der Waals surface area contributed by atoms with E-state index in [1.54, 1.807) is 0 Å². The summed E-state index contributed by atoms with van der Waals surface area (Å²) in [4.78, 5) is 17.4. The highest BCUT2D eigenvalue weighted by Crippen LogP contribution is 2.19. The molecule has 0 saturated heterocycles. The summed E-state index contributed by atoms with van der Waals surface area (Å²) in [5.41, 5.74) is 6.40. The quantitative estimate of drug-likeness (QED) is 0.232. The average Bonchev–Trinajstić information content (AvgIpc) is 3.21. The number of para-hydroxylation sites is 2. The van der Waals surface area contributed by atoms with Crippen LogP contribution in [0.2, 0.25) is 0 Å². The molecule has 4 rings (SSSR count). The maximum atomic E-state index is 12.5. The molecule has 0 aliphatic rings. The lowest BCUT2D eigenvalue weighted by Crippen LogP contribution is -2.25. The molecule has 1 amide bonds. The predicted molar refractivity (Wildman–Crippen MR) is 147 cm³/mol. The standard InChI is InChI=1S/C31H37N3O2/c1-23-11-9-12-26(22-23)36-20-10-19-34-29-14-7-6-13-28(29)33-30(34)15-5-4-8-18-32-31(35)27-17-16-24(2)21-25(27)3/h6-7,9,11-14,16-17,21-22H,4-5,8,10,15,18-20H2,1-3H3,(H,32,35). The van der Waals surface area contributed by atoms with Crippen LogP contribution in [-0.4, -0.2) is 28.6 Å². The monoisotopic (exact) mass is 483 g/mol. The summed E-state index contributed by atoms with van der Waals surface area (Å²) in [5, 5.41) is 3.07. The number of unbranched alkanes of at least 4 members (excludes halogenated alkanes) is 2. The van der Waals surface area contributed by atoms with Crippen molar-refractivity contribution in [2.24, 2.45) is 0 Å². The van der Waals surface area contributed by atoms with Crippen LogP contribution in [0.4, 0.5) is 0 Å². The lowest BCUT2D eigenvalue weighted by atomic mass is 10.1. The third kappa shape index (κ3) is 6.75. The Bertz CT molecular complexity index is 1310. The van der Waals surface area contributed by atoms with Gasteiger partial charge in [-0.25, -0.2) is 4.98 Å². The van der Waals surface area contributed by atoms with Crippen molar-refractivity contribution >= 4 is 16.9 Å². The van der Waals surface area contributed by atoms with Crippen molar-refractivity contribution in [1.29, 1.82) is 0 Å². The van der Waals surface area contributed by atoms with E-state index in [9.17, 15) is 4.79 Å². The van der Waals surface area contributed by atoms with Crippen molar-refractivity contribution < 1.29 is 9.53 Å². The Balaban J connectivity index is 1.25. The summed E-state index contributed by atoms with van der Waals surface area (Å²) < 4.78 is 8.30. The van der Waals surface area contributed by atoms with Gasteiger partial charge in [0.2, 0.25) is 0 Å². The molecule has 5 nitrogen and oxygen atoms in total. The predicted octanol–water partition coefficient (Wildman–Crippen LogP) is 6.57. The molecule has 4 aromatic rings. The first-order valence-electron chi connectivity index (χ1n) is 13.0. The van der Waals surface area contributed by atoms with Crippen LogP contribution in [0.3, 0.4) is 0 Å². The molecule has 188 valence electrons. The number of carbonyl (C=O) groups excluding carboxylic acids is 1. The Morgan fingerprint density at radius 3 is 2.56 bits per heavy atom. The largest absolute Gasteiger partial charge is 0.494 e. The molecule has 0 aliphatic carbocycles. The van der Waals surface area contributed by atoms with Crippen molar-refractivity contribution in [3.8, 4) is 5.75 Å². The van der Waals surface area contributed by atoms with Gasteiger partial charge in [-0.2, -0.15) is 0 Å². The number of amides is 1. The number of hydrogen-bond acceptors (Lipinski definition) is 3. The van der Waals surface area contributed by atoms with Gasteiger partial charge in [-0.05, 0) is 81.5 Å². The SMILES string of the molecule is Cc1cccc(OCCCn2c(CCCCCNC(=O)c3ccc(C)cc3C)nc3ccccc32)c1. The van der Waals surface area contributed by atoms with Crippen molar-refractivity contribution in [1.82, 2.24) is 14.9 Å². The molecule has 1 N–H and O–H groups in total. The second kappa shape index (κ2) is 12.4. The van der Waals surface area contributed by atoms with Crippen LogP contribution < -0.4 is 10.1 Å². The Labute approximate surface area is 214 Å². The Hall–Kier alpha value is -3.60. The van der Waals surface area contributed by atoms with Gasteiger partial charge in [0.1, 0.15) is 11.6 Å². The third-order valence-electron chi connectivity index (χ3n) is 6.51. The maximum Gasteiger partial charge on any atom is 0.251 e. The number of nitrogens with one attached hydrogen (secondary N) is 1. The molecule has 0 unspecified atom stereocenters. The van der Waals surface area contributed by atoms with Crippen LogP contribution in [0.15, 0.2) is 66.7 Å². The van der Waals surface area contributed by atoms with Gasteiger partial charge in [0.25, 0.3) is 5.91 Å². The zero-order chi connectivity index (χ0) is 25.3. The van der Waals surface area contributed by atoms with E-state index in [1.807, 2.05) is 44.2 Å². The summed E-state index contributed by atoms with van der Waals surface area (Å²) in [7, 11) is 0. The van der Waals surface area contributed by atoms with Gasteiger partial charge >= 0.3 is 0 Å². The number of ether oxygens (including phenoxy) is 1. The summed E-state index contributed by atoms with van der Waals surface area (Å²) >= 11 is 0. The van der Waals surface area contributed by atoms with E-state index in [2.05, 4.69) is 53.2 Å². The van der Waals surface area contributed by atoms with E-state index in [1.165, 1.54) is 16.6 Å². The second-order valence-electron chi connectivity index (χ2n) is 9.57. The zero-order valence-electron chi connectivity index (χ0n) is 21.7. The highest BCUT2D eigenvalue weighted by molar-refractivity contribution is 5.95. The fraction of sp³-hybridized carbons (Fsp3) is 0.355. The Kier molecular flexibility index (Phi) is 8.77. The second-order valence-corrected chi connectivity index (χ2v) is 9.57. The Morgan fingerprint density at radius 2 is 1.72 bits per heavy atom. The molecule has 0 atom stereocenters. The van der Waals surface area contributed by atoms with Crippen LogP contribution in [-0.2, 0) is 13.0 Å². The summed E-state index contributed by atoms with van der Waals surface area (Å²) in [6.07, 6.45) is 4.90. The molecular formula is C31H37N3O2. The van der Waals surface area contributed by atoms with Crippen molar-refractivity contribution in [2.75, 3.05) is 13.2 Å². The highest BCUT2D eigenvalue weighted by Gasteiger charge is 2.11. The van der Waals surface area contributed by atoms with E-state index < -0.39 is 0 Å². The van der Waals surface area contributed by atoms with Gasteiger partial charge in [0.05, 0.1) is 17.6 Å². The first kappa shape index (κ1) is 25.5. The molecule has 0 spiro atoms. The number of aromatic nitrogens is 2. The van der Waals surface area contributed by atoms with Crippen molar-refractivity contribution in [3.63, 3.8) is 0 Å². The average molecular weight is 484 g/mol. The molecule has 1 heterocycles. The Morgan fingerprint density at radius 1 is 0.889 bits per heavy atom. The number of fused-ring (bicyclic) bond motifs is 1. The number of nitrogens with zero attached hydrogens (tertiary/aromatic N) is 2. The van der Waals surface area contributed by atoms with Crippen LogP contribution in [0, 0.1) is 20.8 Å². The maximum absolute atomic E-state index is 12.5. The molecule has 0 radical (unpaired) electrons. The van der Waals surface area contributed by atoms with E-state index >= 15 is 0 Å². The number of aryl methyl sites for hydroxylation is 5. The van der Waals surface area contributed by atoms with Crippen LogP contribution in [0.25, 0.3) is 11.0 Å². The van der Waals surface area contributed by atoms with Crippen LogP contribution in [0.1, 0.15) is 58.6 Å². The molecule has 0 fully saturated rings. The third-order valence-corrected chi connectivity index (χ3v) is 6.51. The lowest BCUT2D eigenvalue weighted by molar-refractivity contribution is 0.0952. The van der Waals surface area contributed by atoms with Gasteiger partial charge in [-0.3, -0.25) is 4.79 Å². The van der Waals surface area contributed by atoms with Crippen LogP contribution >= 0.6 is 0 Å². The summed E-state index contributed by atoms with van der Waals surface area (Å²) in [6, 6.07) is 22.5. The topological polar surface area (TPSA) is 56.1 Å². The first-order valence-corrected chi connectivity index (χ1v) is 13.0. The first-order chi connectivity index (χ1) is 17.5. The summed E-state index contributed by atoms with van der Waals surface area (Å²) in [5.74, 6) is 2.07. The van der Waals surface area contributed by atoms with Gasteiger partial charge < -0.3 is 14.6 Å². The van der Waals surface area contributed by atoms with Gasteiger partial charge in [-0.15, -0.1) is 0 Å². The molecule has 3 aromatic carbocycles. The molecular weight excluding hydrogens is 446 g/mol. The van der Waals surface area contributed by atoms with Gasteiger partial charge in [0.15, 0.2) is 0 Å². The van der Waals surface area contributed by atoms with Gasteiger partial charge in [0, 0.05) is 25.1 Å². The number of imidazole rings is 1. The molecule has 0 bridgehead atoms. The van der Waals surface area contributed by atoms with Gasteiger partial charge in [-0.1, -0.05) is 48.4 Å². The van der Waals surface area contributed by atoms with Crippen molar-refractivity contribution in [2.45, 2.75) is 59.4 Å². The minimum atomic E-state index is 0.0159. The molecule has 1 aromatic heterocycles.